The molecule has 0 unspecified atom stereocenters. The Hall–Kier alpha value is 0.0300. The standard InChI is InChI=1S/C14H19Br2FN2/c15-4-7-18-5-1-6-19(9-8-18)11-12-2-3-13(16)10-14(12)17/h2-3,10H,1,4-9,11H2. The van der Waals surface area contributed by atoms with Gasteiger partial charge in [0.1, 0.15) is 5.82 Å². The van der Waals surface area contributed by atoms with Gasteiger partial charge < -0.3 is 4.90 Å². The molecule has 0 aromatic heterocycles. The fraction of sp³-hybridized carbons (Fsp3) is 0.571. The second-order valence-electron chi connectivity index (χ2n) is 4.90. The average Bonchev–Trinajstić information content (AvgIpc) is 2.59. The van der Waals surface area contributed by atoms with Gasteiger partial charge in [0, 0.05) is 41.5 Å². The van der Waals surface area contributed by atoms with E-state index in [1.165, 1.54) is 0 Å². The van der Waals surface area contributed by atoms with Crippen LogP contribution in [-0.2, 0) is 6.54 Å². The van der Waals surface area contributed by atoms with Crippen LogP contribution < -0.4 is 0 Å². The highest BCUT2D eigenvalue weighted by Crippen LogP contribution is 2.17. The van der Waals surface area contributed by atoms with Gasteiger partial charge in [-0.1, -0.05) is 37.9 Å². The van der Waals surface area contributed by atoms with E-state index in [4.69, 9.17) is 0 Å². The van der Waals surface area contributed by atoms with Gasteiger partial charge in [-0.25, -0.2) is 4.39 Å². The minimum atomic E-state index is -0.115. The predicted octanol–water partition coefficient (Wildman–Crippen LogP) is 3.49. The Balaban J connectivity index is 1.92. The Kier molecular flexibility index (Phi) is 6.26. The van der Waals surface area contributed by atoms with Crippen molar-refractivity contribution in [3.63, 3.8) is 0 Å². The van der Waals surface area contributed by atoms with E-state index in [1.54, 1.807) is 6.07 Å². The second-order valence-corrected chi connectivity index (χ2v) is 6.60. The molecule has 1 saturated heterocycles. The maximum absolute atomic E-state index is 13.8. The molecule has 0 amide bonds. The number of alkyl halides is 1. The molecule has 1 heterocycles. The molecular weight excluding hydrogens is 375 g/mol. The van der Waals surface area contributed by atoms with Crippen molar-refractivity contribution in [1.29, 1.82) is 0 Å². The van der Waals surface area contributed by atoms with Gasteiger partial charge in [-0.15, -0.1) is 0 Å². The zero-order valence-corrected chi connectivity index (χ0v) is 14.1. The molecule has 1 aromatic carbocycles. The van der Waals surface area contributed by atoms with Crippen molar-refractivity contribution < 1.29 is 4.39 Å². The van der Waals surface area contributed by atoms with E-state index < -0.39 is 0 Å². The zero-order chi connectivity index (χ0) is 13.7. The van der Waals surface area contributed by atoms with Crippen molar-refractivity contribution in [3.05, 3.63) is 34.1 Å². The SMILES string of the molecule is Fc1cc(Br)ccc1CN1CCCN(CCBr)CC1. The molecule has 2 nitrogen and oxygen atoms in total. The van der Waals surface area contributed by atoms with Gasteiger partial charge in [0.05, 0.1) is 0 Å². The zero-order valence-electron chi connectivity index (χ0n) is 10.9. The third-order valence-corrected chi connectivity index (χ3v) is 4.34. The number of rotatable bonds is 4. The van der Waals surface area contributed by atoms with Crippen LogP contribution in [0.15, 0.2) is 22.7 Å². The molecule has 0 N–H and O–H groups in total. The number of benzene rings is 1. The Morgan fingerprint density at radius 1 is 1.11 bits per heavy atom. The highest BCUT2D eigenvalue weighted by atomic mass is 79.9. The monoisotopic (exact) mass is 392 g/mol. The number of halogens is 3. The predicted molar refractivity (Wildman–Crippen MR) is 84.2 cm³/mol. The maximum Gasteiger partial charge on any atom is 0.128 e. The second kappa shape index (κ2) is 7.72. The summed E-state index contributed by atoms with van der Waals surface area (Å²) in [5.74, 6) is -0.115. The highest BCUT2D eigenvalue weighted by Gasteiger charge is 2.15. The molecule has 0 spiro atoms. The molecule has 5 heteroatoms. The van der Waals surface area contributed by atoms with Crippen molar-refractivity contribution in [2.45, 2.75) is 13.0 Å². The minimum Gasteiger partial charge on any atom is -0.301 e. The third-order valence-electron chi connectivity index (χ3n) is 3.49. The van der Waals surface area contributed by atoms with Crippen LogP contribution in [0.5, 0.6) is 0 Å². The first-order valence-corrected chi connectivity index (χ1v) is 8.55. The van der Waals surface area contributed by atoms with Gasteiger partial charge in [0.15, 0.2) is 0 Å². The molecule has 0 radical (unpaired) electrons. The quantitative estimate of drug-likeness (QED) is 0.722. The number of hydrogen-bond donors (Lipinski definition) is 0. The van der Waals surface area contributed by atoms with Gasteiger partial charge in [0.2, 0.25) is 0 Å². The Morgan fingerprint density at radius 2 is 1.84 bits per heavy atom. The van der Waals surface area contributed by atoms with Crippen molar-refractivity contribution in [2.24, 2.45) is 0 Å². The van der Waals surface area contributed by atoms with Crippen LogP contribution in [-0.4, -0.2) is 47.9 Å². The summed E-state index contributed by atoms with van der Waals surface area (Å²) < 4.78 is 14.6. The first-order valence-electron chi connectivity index (χ1n) is 6.63. The molecule has 1 aliphatic heterocycles. The smallest absolute Gasteiger partial charge is 0.128 e. The number of hydrogen-bond acceptors (Lipinski definition) is 2. The van der Waals surface area contributed by atoms with Gasteiger partial charge in [-0.3, -0.25) is 4.90 Å². The molecule has 1 fully saturated rings. The Labute approximate surface area is 131 Å². The first-order chi connectivity index (χ1) is 9.19. The van der Waals surface area contributed by atoms with E-state index in [-0.39, 0.29) is 5.82 Å². The molecule has 0 bridgehead atoms. The van der Waals surface area contributed by atoms with Crippen LogP contribution in [0.4, 0.5) is 4.39 Å². The molecule has 0 saturated carbocycles. The lowest BCUT2D eigenvalue weighted by Crippen LogP contribution is -2.31. The van der Waals surface area contributed by atoms with Crippen LogP contribution >= 0.6 is 31.9 Å². The van der Waals surface area contributed by atoms with Crippen LogP contribution in [0.25, 0.3) is 0 Å². The van der Waals surface area contributed by atoms with E-state index in [2.05, 4.69) is 41.7 Å². The fourth-order valence-electron chi connectivity index (χ4n) is 2.42. The van der Waals surface area contributed by atoms with E-state index >= 15 is 0 Å². The van der Waals surface area contributed by atoms with Gasteiger partial charge in [-0.05, 0) is 31.6 Å². The molecular formula is C14H19Br2FN2. The molecule has 19 heavy (non-hydrogen) atoms. The molecule has 0 aliphatic carbocycles. The topological polar surface area (TPSA) is 6.48 Å². The van der Waals surface area contributed by atoms with Crippen molar-refractivity contribution >= 4 is 31.9 Å². The summed E-state index contributed by atoms with van der Waals surface area (Å²) in [4.78, 5) is 4.81. The van der Waals surface area contributed by atoms with E-state index in [0.717, 1.165) is 54.5 Å². The molecule has 1 aliphatic rings. The van der Waals surface area contributed by atoms with Crippen LogP contribution in [0.1, 0.15) is 12.0 Å². The summed E-state index contributed by atoms with van der Waals surface area (Å²) in [6, 6.07) is 5.33. The van der Waals surface area contributed by atoms with Crippen molar-refractivity contribution in [1.82, 2.24) is 9.80 Å². The normalized spacial score (nSPS) is 18.5. The van der Waals surface area contributed by atoms with Gasteiger partial charge >= 0.3 is 0 Å². The van der Waals surface area contributed by atoms with Crippen LogP contribution in [0.3, 0.4) is 0 Å². The van der Waals surface area contributed by atoms with E-state index in [0.29, 0.717) is 6.54 Å². The molecule has 106 valence electrons. The average molecular weight is 394 g/mol. The summed E-state index contributed by atoms with van der Waals surface area (Å²) in [6.07, 6.45) is 1.16. The molecule has 2 rings (SSSR count). The third kappa shape index (κ3) is 4.81. The van der Waals surface area contributed by atoms with Gasteiger partial charge in [-0.2, -0.15) is 0 Å². The lowest BCUT2D eigenvalue weighted by Gasteiger charge is -2.21. The van der Waals surface area contributed by atoms with Gasteiger partial charge in [0.25, 0.3) is 0 Å². The van der Waals surface area contributed by atoms with Crippen molar-refractivity contribution in [2.75, 3.05) is 38.1 Å². The fourth-order valence-corrected chi connectivity index (χ4v) is 3.25. The Morgan fingerprint density at radius 3 is 2.58 bits per heavy atom. The maximum atomic E-state index is 13.8. The van der Waals surface area contributed by atoms with Crippen molar-refractivity contribution in [3.8, 4) is 0 Å². The van der Waals surface area contributed by atoms with Crippen LogP contribution in [0, 0.1) is 5.82 Å². The highest BCUT2D eigenvalue weighted by molar-refractivity contribution is 9.10. The van der Waals surface area contributed by atoms with E-state index in [9.17, 15) is 4.39 Å². The summed E-state index contributed by atoms with van der Waals surface area (Å²) in [7, 11) is 0. The lowest BCUT2D eigenvalue weighted by molar-refractivity contribution is 0.256. The Bertz CT molecular complexity index is 414. The molecule has 0 atom stereocenters. The first kappa shape index (κ1) is 15.4. The summed E-state index contributed by atoms with van der Waals surface area (Å²) in [5, 5.41) is 1.02. The van der Waals surface area contributed by atoms with Crippen LogP contribution in [0.2, 0.25) is 0 Å². The minimum absolute atomic E-state index is 0.115. The summed E-state index contributed by atoms with van der Waals surface area (Å²) in [6.45, 7) is 6.09. The largest absolute Gasteiger partial charge is 0.301 e. The lowest BCUT2D eigenvalue weighted by atomic mass is 10.2. The number of nitrogens with zero attached hydrogens (tertiary/aromatic N) is 2. The molecule has 1 aromatic rings. The van der Waals surface area contributed by atoms with E-state index in [1.807, 2.05) is 12.1 Å². The summed E-state index contributed by atoms with van der Waals surface area (Å²) >= 11 is 6.78. The summed E-state index contributed by atoms with van der Waals surface area (Å²) in [5.41, 5.74) is 0.789.